The standard InChI is InChI=1S/C43H81N/c1-4-7-10-13-16-19-22-25-28-31-34-40-37-38-41(39-44)43(36-33-30-27-24-21-18-15-12-9-6-3)42(40)35-32-29-26-23-20-17-14-11-8-5-2/h37-38H,4-36,39,44H2,1-3H3. The van der Waals surface area contributed by atoms with Gasteiger partial charge in [-0.05, 0) is 60.8 Å². The van der Waals surface area contributed by atoms with E-state index in [4.69, 9.17) is 5.73 Å². The van der Waals surface area contributed by atoms with Crippen LogP contribution in [0.15, 0.2) is 12.1 Å². The number of hydrogen-bond acceptors (Lipinski definition) is 1. The Morgan fingerprint density at radius 3 is 0.886 bits per heavy atom. The van der Waals surface area contributed by atoms with E-state index in [-0.39, 0.29) is 0 Å². The van der Waals surface area contributed by atoms with E-state index in [1.54, 1.807) is 16.7 Å². The maximum Gasteiger partial charge on any atom is 0.0180 e. The van der Waals surface area contributed by atoms with E-state index in [0.29, 0.717) is 6.54 Å². The molecule has 0 saturated carbocycles. The third kappa shape index (κ3) is 22.6. The van der Waals surface area contributed by atoms with Crippen molar-refractivity contribution < 1.29 is 0 Å². The maximum atomic E-state index is 6.35. The Labute approximate surface area is 278 Å². The summed E-state index contributed by atoms with van der Waals surface area (Å²) in [5.74, 6) is 0. The summed E-state index contributed by atoms with van der Waals surface area (Å²) >= 11 is 0. The third-order valence-corrected chi connectivity index (χ3v) is 10.2. The van der Waals surface area contributed by atoms with E-state index < -0.39 is 0 Å². The Kier molecular flexibility index (Phi) is 30.1. The number of nitrogens with two attached hydrogens (primary N) is 1. The van der Waals surface area contributed by atoms with Crippen LogP contribution in [0.5, 0.6) is 0 Å². The van der Waals surface area contributed by atoms with E-state index in [2.05, 4.69) is 32.9 Å². The molecule has 0 heterocycles. The van der Waals surface area contributed by atoms with Crippen LogP contribution >= 0.6 is 0 Å². The SMILES string of the molecule is CCCCCCCCCCCCc1ccc(CN)c(CCCCCCCCCCCC)c1CCCCCCCCCCCC. The molecule has 0 radical (unpaired) electrons. The van der Waals surface area contributed by atoms with Gasteiger partial charge in [-0.1, -0.05) is 206 Å². The van der Waals surface area contributed by atoms with E-state index in [1.807, 2.05) is 0 Å². The van der Waals surface area contributed by atoms with Crippen LogP contribution < -0.4 is 5.73 Å². The van der Waals surface area contributed by atoms with E-state index >= 15 is 0 Å². The zero-order chi connectivity index (χ0) is 31.8. The molecule has 0 aliphatic rings. The second-order valence-electron chi connectivity index (χ2n) is 14.3. The monoisotopic (exact) mass is 612 g/mol. The Balaban J connectivity index is 2.57. The van der Waals surface area contributed by atoms with Crippen LogP contribution in [0.25, 0.3) is 0 Å². The van der Waals surface area contributed by atoms with Crippen LogP contribution in [0.3, 0.4) is 0 Å². The molecular weight excluding hydrogens is 530 g/mol. The molecule has 0 atom stereocenters. The molecule has 0 spiro atoms. The Morgan fingerprint density at radius 1 is 0.318 bits per heavy atom. The first-order chi connectivity index (χ1) is 21.8. The van der Waals surface area contributed by atoms with Gasteiger partial charge in [0, 0.05) is 6.54 Å². The second kappa shape index (κ2) is 32.1. The summed E-state index contributed by atoms with van der Waals surface area (Å²) in [5, 5.41) is 0. The molecule has 1 aromatic carbocycles. The second-order valence-corrected chi connectivity index (χ2v) is 14.3. The Bertz CT molecular complexity index is 722. The minimum Gasteiger partial charge on any atom is -0.326 e. The van der Waals surface area contributed by atoms with Gasteiger partial charge in [0.15, 0.2) is 0 Å². The molecule has 0 aliphatic carbocycles. The van der Waals surface area contributed by atoms with Gasteiger partial charge in [-0.2, -0.15) is 0 Å². The van der Waals surface area contributed by atoms with E-state index in [0.717, 1.165) is 0 Å². The maximum absolute atomic E-state index is 6.35. The van der Waals surface area contributed by atoms with Gasteiger partial charge in [0.1, 0.15) is 0 Å². The third-order valence-electron chi connectivity index (χ3n) is 10.2. The summed E-state index contributed by atoms with van der Waals surface area (Å²) in [5.41, 5.74) is 12.8. The number of aryl methyl sites for hydroxylation is 1. The number of benzene rings is 1. The molecule has 0 amide bonds. The number of unbranched alkanes of at least 4 members (excludes halogenated alkanes) is 27. The topological polar surface area (TPSA) is 26.0 Å². The summed E-state index contributed by atoms with van der Waals surface area (Å²) in [6, 6.07) is 4.88. The molecule has 44 heavy (non-hydrogen) atoms. The van der Waals surface area contributed by atoms with Crippen LogP contribution in [0.2, 0.25) is 0 Å². The molecule has 1 rings (SSSR count). The van der Waals surface area contributed by atoms with Gasteiger partial charge in [0.2, 0.25) is 0 Å². The van der Waals surface area contributed by atoms with E-state index in [1.165, 1.54) is 217 Å². The van der Waals surface area contributed by atoms with Gasteiger partial charge in [-0.15, -0.1) is 0 Å². The fraction of sp³-hybridized carbons (Fsp3) is 0.860. The largest absolute Gasteiger partial charge is 0.326 e. The van der Waals surface area contributed by atoms with Crippen molar-refractivity contribution in [2.75, 3.05) is 0 Å². The lowest BCUT2D eigenvalue weighted by atomic mass is 9.87. The van der Waals surface area contributed by atoms with E-state index in [9.17, 15) is 0 Å². The lowest BCUT2D eigenvalue weighted by Gasteiger charge is -2.19. The van der Waals surface area contributed by atoms with Crippen LogP contribution in [0.4, 0.5) is 0 Å². The summed E-state index contributed by atoms with van der Waals surface area (Å²) in [7, 11) is 0. The lowest BCUT2D eigenvalue weighted by Crippen LogP contribution is -2.09. The highest BCUT2D eigenvalue weighted by Crippen LogP contribution is 2.27. The molecule has 0 bridgehead atoms. The van der Waals surface area contributed by atoms with Gasteiger partial charge in [-0.25, -0.2) is 0 Å². The van der Waals surface area contributed by atoms with Crippen LogP contribution in [-0.4, -0.2) is 0 Å². The van der Waals surface area contributed by atoms with Gasteiger partial charge >= 0.3 is 0 Å². The fourth-order valence-electron chi connectivity index (χ4n) is 7.22. The molecule has 1 heteroatoms. The molecule has 0 fully saturated rings. The van der Waals surface area contributed by atoms with Crippen molar-refractivity contribution in [3.05, 3.63) is 34.4 Å². The molecule has 0 aromatic heterocycles. The highest BCUT2D eigenvalue weighted by molar-refractivity contribution is 5.42. The van der Waals surface area contributed by atoms with Crippen molar-refractivity contribution in [1.29, 1.82) is 0 Å². The minimum atomic E-state index is 0.705. The van der Waals surface area contributed by atoms with Gasteiger partial charge in [-0.3, -0.25) is 0 Å². The molecule has 258 valence electrons. The average molecular weight is 612 g/mol. The molecule has 2 N–H and O–H groups in total. The predicted octanol–water partition coefficient (Wildman–Crippen LogP) is 14.5. The highest BCUT2D eigenvalue weighted by Gasteiger charge is 2.13. The van der Waals surface area contributed by atoms with Crippen molar-refractivity contribution in [3.63, 3.8) is 0 Å². The van der Waals surface area contributed by atoms with Crippen LogP contribution in [0, 0.1) is 0 Å². The summed E-state index contributed by atoms with van der Waals surface area (Å²) in [6.07, 6.45) is 46.3. The van der Waals surface area contributed by atoms with Gasteiger partial charge < -0.3 is 5.73 Å². The van der Waals surface area contributed by atoms with Crippen molar-refractivity contribution in [1.82, 2.24) is 0 Å². The highest BCUT2D eigenvalue weighted by atomic mass is 14.5. The van der Waals surface area contributed by atoms with Crippen molar-refractivity contribution in [2.24, 2.45) is 5.73 Å². The average Bonchev–Trinajstić information content (AvgIpc) is 3.04. The first-order valence-electron chi connectivity index (χ1n) is 20.6. The minimum absolute atomic E-state index is 0.705. The van der Waals surface area contributed by atoms with Gasteiger partial charge in [0.05, 0.1) is 0 Å². The fourth-order valence-corrected chi connectivity index (χ4v) is 7.22. The summed E-state index contributed by atoms with van der Waals surface area (Å²) < 4.78 is 0. The lowest BCUT2D eigenvalue weighted by molar-refractivity contribution is 0.550. The van der Waals surface area contributed by atoms with Crippen LogP contribution in [0.1, 0.15) is 236 Å². The normalized spacial score (nSPS) is 11.5. The molecule has 0 unspecified atom stereocenters. The summed E-state index contributed by atoms with van der Waals surface area (Å²) in [6.45, 7) is 7.64. The van der Waals surface area contributed by atoms with Crippen molar-refractivity contribution in [2.45, 2.75) is 239 Å². The first-order valence-corrected chi connectivity index (χ1v) is 20.6. The number of rotatable bonds is 34. The molecule has 1 aromatic rings. The smallest absolute Gasteiger partial charge is 0.0180 e. The Hall–Kier alpha value is -0.820. The molecule has 0 saturated heterocycles. The Morgan fingerprint density at radius 2 is 0.568 bits per heavy atom. The van der Waals surface area contributed by atoms with Crippen molar-refractivity contribution in [3.8, 4) is 0 Å². The first kappa shape index (κ1) is 41.2. The quantitative estimate of drug-likeness (QED) is 0.0771. The molecule has 1 nitrogen and oxygen atoms in total. The molecule has 0 aliphatic heterocycles. The summed E-state index contributed by atoms with van der Waals surface area (Å²) in [4.78, 5) is 0. The van der Waals surface area contributed by atoms with Gasteiger partial charge in [0.25, 0.3) is 0 Å². The molecular formula is C43H81N. The predicted molar refractivity (Wildman–Crippen MR) is 201 cm³/mol. The number of hydrogen-bond donors (Lipinski definition) is 1. The zero-order valence-electron chi connectivity index (χ0n) is 30.8. The zero-order valence-corrected chi connectivity index (χ0v) is 30.8. The van der Waals surface area contributed by atoms with Crippen LogP contribution in [-0.2, 0) is 25.8 Å². The van der Waals surface area contributed by atoms with Crippen molar-refractivity contribution >= 4 is 0 Å².